The molecule has 0 aliphatic heterocycles. The average molecular weight is 385 g/mol. The van der Waals surface area contributed by atoms with Crippen LogP contribution >= 0.6 is 23.2 Å². The molecule has 26 heavy (non-hydrogen) atoms. The molecule has 0 atom stereocenters. The van der Waals surface area contributed by atoms with Gasteiger partial charge in [0.1, 0.15) is 6.07 Å². The lowest BCUT2D eigenvalue weighted by Gasteiger charge is -2.00. The van der Waals surface area contributed by atoms with E-state index in [0.29, 0.717) is 27.1 Å². The van der Waals surface area contributed by atoms with Crippen LogP contribution in [0.15, 0.2) is 64.2 Å². The van der Waals surface area contributed by atoms with Gasteiger partial charge in [0.15, 0.2) is 11.5 Å². The van der Waals surface area contributed by atoms with Crippen molar-refractivity contribution in [1.29, 1.82) is 5.26 Å². The Labute approximate surface area is 158 Å². The Balaban J connectivity index is 1.80. The van der Waals surface area contributed by atoms with Crippen LogP contribution in [0.25, 0.3) is 11.3 Å². The molecule has 0 radical (unpaired) electrons. The first kappa shape index (κ1) is 17.7. The molecule has 2 aromatic carbocycles. The summed E-state index contributed by atoms with van der Waals surface area (Å²) in [5.41, 5.74) is 3.48. The van der Waals surface area contributed by atoms with Crippen molar-refractivity contribution in [3.05, 3.63) is 70.3 Å². The van der Waals surface area contributed by atoms with Crippen LogP contribution in [0.5, 0.6) is 0 Å². The van der Waals surface area contributed by atoms with Gasteiger partial charge in [-0.2, -0.15) is 10.4 Å². The number of Topliss-reactive ketones (excluding diaryl/α,β-unsaturated/α-hetero) is 1. The van der Waals surface area contributed by atoms with E-state index >= 15 is 0 Å². The van der Waals surface area contributed by atoms with Gasteiger partial charge >= 0.3 is 0 Å². The standard InChI is InChI=1S/C18H10Cl2N4O2/c19-12-6-4-11(5-7-12)17-9-15(24-26-17)18(25)16(10-21)23-22-14-3-1-2-13(20)8-14/h1-9,22H. The Bertz CT molecular complexity index is 1020. The molecule has 1 N–H and O–H groups in total. The maximum Gasteiger partial charge on any atom is 0.245 e. The summed E-state index contributed by atoms with van der Waals surface area (Å²) >= 11 is 11.7. The van der Waals surface area contributed by atoms with Crippen molar-refractivity contribution in [2.45, 2.75) is 0 Å². The Morgan fingerprint density at radius 1 is 1.12 bits per heavy atom. The van der Waals surface area contributed by atoms with Crippen molar-refractivity contribution >= 4 is 40.4 Å². The van der Waals surface area contributed by atoms with Crippen molar-refractivity contribution in [3.8, 4) is 17.4 Å². The first-order valence-electron chi connectivity index (χ1n) is 7.33. The molecule has 0 bridgehead atoms. The van der Waals surface area contributed by atoms with E-state index in [1.807, 2.05) is 0 Å². The predicted molar refractivity (Wildman–Crippen MR) is 99.4 cm³/mol. The summed E-state index contributed by atoms with van der Waals surface area (Å²) in [6.45, 7) is 0. The van der Waals surface area contributed by atoms with Crippen LogP contribution in [0.2, 0.25) is 10.0 Å². The van der Waals surface area contributed by atoms with Crippen molar-refractivity contribution in [1.82, 2.24) is 5.16 Å². The fourth-order valence-electron chi connectivity index (χ4n) is 2.06. The number of nitriles is 1. The Morgan fingerprint density at radius 2 is 1.88 bits per heavy atom. The van der Waals surface area contributed by atoms with Crippen molar-refractivity contribution < 1.29 is 9.32 Å². The quantitative estimate of drug-likeness (QED) is 0.386. The number of rotatable bonds is 5. The van der Waals surface area contributed by atoms with E-state index in [2.05, 4.69) is 15.7 Å². The second-order valence-corrected chi connectivity index (χ2v) is 5.98. The molecule has 0 aliphatic rings. The van der Waals surface area contributed by atoms with Gasteiger partial charge in [-0.05, 0) is 42.5 Å². The van der Waals surface area contributed by atoms with Crippen molar-refractivity contribution in [2.75, 3.05) is 5.43 Å². The van der Waals surface area contributed by atoms with Gasteiger partial charge in [0.25, 0.3) is 0 Å². The van der Waals surface area contributed by atoms with Crippen LogP contribution in [-0.2, 0) is 0 Å². The number of anilines is 1. The summed E-state index contributed by atoms with van der Waals surface area (Å²) in [7, 11) is 0. The molecule has 3 rings (SSSR count). The van der Waals surface area contributed by atoms with Crippen molar-refractivity contribution in [2.24, 2.45) is 5.10 Å². The molecular formula is C18H10Cl2N4O2. The number of hydrogen-bond acceptors (Lipinski definition) is 6. The minimum Gasteiger partial charge on any atom is -0.356 e. The van der Waals surface area contributed by atoms with Crippen molar-refractivity contribution in [3.63, 3.8) is 0 Å². The molecule has 6 nitrogen and oxygen atoms in total. The number of nitrogens with one attached hydrogen (secondary N) is 1. The predicted octanol–water partition coefficient (Wildman–Crippen LogP) is 4.82. The van der Waals surface area contributed by atoms with Gasteiger partial charge in [-0.25, -0.2) is 0 Å². The van der Waals surface area contributed by atoms with Gasteiger partial charge in [-0.15, -0.1) is 0 Å². The molecule has 1 aromatic heterocycles. The van der Waals surface area contributed by atoms with Gasteiger partial charge in [-0.3, -0.25) is 10.2 Å². The minimum absolute atomic E-state index is 0.0249. The molecule has 128 valence electrons. The highest BCUT2D eigenvalue weighted by Crippen LogP contribution is 2.22. The summed E-state index contributed by atoms with van der Waals surface area (Å²) in [5.74, 6) is -0.281. The van der Waals surface area contributed by atoms with Gasteiger partial charge in [0.05, 0.1) is 5.69 Å². The number of halogens is 2. The van der Waals surface area contributed by atoms with E-state index in [4.69, 9.17) is 27.7 Å². The summed E-state index contributed by atoms with van der Waals surface area (Å²) in [4.78, 5) is 12.4. The number of benzene rings is 2. The average Bonchev–Trinajstić information content (AvgIpc) is 3.13. The summed E-state index contributed by atoms with van der Waals surface area (Å²) in [6.07, 6.45) is 0. The number of hydrogen-bond donors (Lipinski definition) is 1. The zero-order valence-corrected chi connectivity index (χ0v) is 14.6. The van der Waals surface area contributed by atoms with E-state index in [1.54, 1.807) is 54.6 Å². The van der Waals surface area contributed by atoms with Crippen LogP contribution in [-0.4, -0.2) is 16.7 Å². The molecule has 0 aliphatic carbocycles. The smallest absolute Gasteiger partial charge is 0.245 e. The van der Waals surface area contributed by atoms with Gasteiger partial charge in [-0.1, -0.05) is 34.4 Å². The molecule has 0 unspecified atom stereocenters. The number of carbonyl (C=O) groups excluding carboxylic acids is 1. The number of carbonyl (C=O) groups is 1. The number of hydrazone groups is 1. The lowest BCUT2D eigenvalue weighted by molar-refractivity contribution is 0.105. The van der Waals surface area contributed by atoms with Gasteiger partial charge < -0.3 is 4.52 Å². The molecule has 0 saturated heterocycles. The third-order valence-corrected chi connectivity index (χ3v) is 3.80. The van der Waals surface area contributed by atoms with E-state index in [9.17, 15) is 10.1 Å². The molecule has 8 heteroatoms. The number of ketones is 1. The lowest BCUT2D eigenvalue weighted by atomic mass is 10.1. The molecule has 0 spiro atoms. The second kappa shape index (κ2) is 7.83. The Hall–Kier alpha value is -3.14. The normalized spacial score (nSPS) is 11.0. The monoisotopic (exact) mass is 384 g/mol. The van der Waals surface area contributed by atoms with Crippen LogP contribution < -0.4 is 5.43 Å². The first-order chi connectivity index (χ1) is 12.6. The highest BCUT2D eigenvalue weighted by atomic mass is 35.5. The molecular weight excluding hydrogens is 375 g/mol. The third kappa shape index (κ3) is 4.09. The fourth-order valence-corrected chi connectivity index (χ4v) is 2.38. The highest BCUT2D eigenvalue weighted by molar-refractivity contribution is 6.51. The Morgan fingerprint density at radius 3 is 2.58 bits per heavy atom. The molecule has 0 amide bonds. The topological polar surface area (TPSA) is 91.3 Å². The SMILES string of the molecule is N#CC(=NNc1cccc(Cl)c1)C(=O)c1cc(-c2ccc(Cl)cc2)on1. The Kier molecular flexibility index (Phi) is 5.32. The van der Waals surface area contributed by atoms with Crippen LogP contribution in [0.4, 0.5) is 5.69 Å². The highest BCUT2D eigenvalue weighted by Gasteiger charge is 2.19. The maximum atomic E-state index is 12.4. The molecule has 1 heterocycles. The van der Waals surface area contributed by atoms with E-state index in [1.165, 1.54) is 6.07 Å². The van der Waals surface area contributed by atoms with Crippen LogP contribution in [0.1, 0.15) is 10.5 Å². The second-order valence-electron chi connectivity index (χ2n) is 5.11. The fraction of sp³-hybridized carbons (Fsp3) is 0. The zero-order valence-electron chi connectivity index (χ0n) is 13.1. The van der Waals surface area contributed by atoms with E-state index in [-0.39, 0.29) is 11.4 Å². The molecule has 3 aromatic rings. The third-order valence-electron chi connectivity index (χ3n) is 3.31. The van der Waals surface area contributed by atoms with E-state index < -0.39 is 5.78 Å². The maximum absolute atomic E-state index is 12.4. The van der Waals surface area contributed by atoms with Gasteiger partial charge in [0.2, 0.25) is 11.5 Å². The zero-order chi connectivity index (χ0) is 18.5. The largest absolute Gasteiger partial charge is 0.356 e. The summed E-state index contributed by atoms with van der Waals surface area (Å²) < 4.78 is 5.17. The lowest BCUT2D eigenvalue weighted by Crippen LogP contribution is -2.14. The summed E-state index contributed by atoms with van der Waals surface area (Å²) in [5, 5.41) is 17.8. The minimum atomic E-state index is -0.661. The molecule has 0 fully saturated rings. The van der Waals surface area contributed by atoms with Crippen LogP contribution in [0, 0.1) is 11.3 Å². The number of aromatic nitrogens is 1. The summed E-state index contributed by atoms with van der Waals surface area (Å²) in [6, 6.07) is 16.8. The number of nitrogens with zero attached hydrogens (tertiary/aromatic N) is 3. The van der Waals surface area contributed by atoms with Crippen LogP contribution in [0.3, 0.4) is 0 Å². The van der Waals surface area contributed by atoms with E-state index in [0.717, 1.165) is 0 Å². The molecule has 0 saturated carbocycles. The first-order valence-corrected chi connectivity index (χ1v) is 8.09. The van der Waals surface area contributed by atoms with Gasteiger partial charge in [0, 0.05) is 21.7 Å².